The summed E-state index contributed by atoms with van der Waals surface area (Å²) in [5, 5.41) is 20.0. The first-order chi connectivity index (χ1) is 21.2. The fourth-order valence-electron chi connectivity index (χ4n) is 6.00. The SMILES string of the molecule is CNCC(=O)N1C[C@H](N)C[C@H]1C(=O)N1C[C@H](NC(=O)[C@H](O)CCc2ccccc2)C[C@H]1C(=O)Nc1cnc2ccccc2c1. The molecule has 5 rings (SSSR count). The minimum Gasteiger partial charge on any atom is -0.383 e. The Kier molecular flexibility index (Phi) is 9.83. The Morgan fingerprint density at radius 3 is 2.52 bits per heavy atom. The average Bonchev–Trinajstić information content (AvgIpc) is 3.64. The summed E-state index contributed by atoms with van der Waals surface area (Å²) in [5.41, 5.74) is 8.42. The molecule has 2 saturated heterocycles. The van der Waals surface area contributed by atoms with Gasteiger partial charge in [-0.1, -0.05) is 48.5 Å². The van der Waals surface area contributed by atoms with Crippen molar-refractivity contribution in [3.63, 3.8) is 0 Å². The van der Waals surface area contributed by atoms with Gasteiger partial charge in [0.15, 0.2) is 0 Å². The third kappa shape index (κ3) is 7.21. The van der Waals surface area contributed by atoms with E-state index in [0.717, 1.165) is 16.5 Å². The number of aromatic nitrogens is 1. The zero-order valence-corrected chi connectivity index (χ0v) is 24.7. The zero-order chi connectivity index (χ0) is 31.2. The molecule has 0 radical (unpaired) electrons. The summed E-state index contributed by atoms with van der Waals surface area (Å²) in [4.78, 5) is 60.7. The number of carbonyl (C=O) groups is 4. The Balaban J connectivity index is 1.32. The second-order valence-electron chi connectivity index (χ2n) is 11.5. The molecule has 12 heteroatoms. The van der Waals surface area contributed by atoms with Crippen LogP contribution in [0.25, 0.3) is 10.9 Å². The van der Waals surface area contributed by atoms with Gasteiger partial charge in [-0.25, -0.2) is 0 Å². The van der Waals surface area contributed by atoms with Crippen molar-refractivity contribution in [1.82, 2.24) is 25.4 Å². The molecule has 12 nitrogen and oxygen atoms in total. The van der Waals surface area contributed by atoms with Gasteiger partial charge >= 0.3 is 0 Å². The monoisotopic (exact) mass is 601 g/mol. The number of hydrogen-bond donors (Lipinski definition) is 5. The molecule has 3 aromatic rings. The van der Waals surface area contributed by atoms with Gasteiger partial charge in [-0.2, -0.15) is 0 Å². The van der Waals surface area contributed by atoms with Crippen molar-refractivity contribution in [3.8, 4) is 0 Å². The van der Waals surface area contributed by atoms with Gasteiger partial charge in [0.2, 0.25) is 23.6 Å². The second-order valence-corrected chi connectivity index (χ2v) is 11.5. The van der Waals surface area contributed by atoms with E-state index in [-0.39, 0.29) is 50.8 Å². The Labute approximate surface area is 256 Å². The molecule has 0 aliphatic carbocycles. The molecule has 4 amide bonds. The molecule has 0 unspecified atom stereocenters. The van der Waals surface area contributed by atoms with E-state index in [0.29, 0.717) is 12.1 Å². The Morgan fingerprint density at radius 1 is 1.00 bits per heavy atom. The fourth-order valence-corrected chi connectivity index (χ4v) is 6.00. The van der Waals surface area contributed by atoms with Crippen molar-refractivity contribution in [3.05, 3.63) is 72.4 Å². The van der Waals surface area contributed by atoms with Crippen LogP contribution in [0.2, 0.25) is 0 Å². The number of carbonyl (C=O) groups excluding carboxylic acids is 4. The highest BCUT2D eigenvalue weighted by Gasteiger charge is 2.46. The summed E-state index contributed by atoms with van der Waals surface area (Å²) in [6, 6.07) is 16.2. The molecular weight excluding hydrogens is 562 g/mol. The van der Waals surface area contributed by atoms with Gasteiger partial charge in [-0.15, -0.1) is 0 Å². The average molecular weight is 602 g/mol. The van der Waals surface area contributed by atoms with Gasteiger partial charge in [0, 0.05) is 30.6 Å². The second kappa shape index (κ2) is 13.9. The van der Waals surface area contributed by atoms with E-state index >= 15 is 0 Å². The van der Waals surface area contributed by atoms with Crippen LogP contribution in [0, 0.1) is 0 Å². The molecule has 2 aliphatic heterocycles. The number of fused-ring (bicyclic) bond motifs is 1. The third-order valence-corrected chi connectivity index (χ3v) is 8.21. The number of hydrogen-bond acceptors (Lipinski definition) is 8. The van der Waals surface area contributed by atoms with Gasteiger partial charge in [0.25, 0.3) is 0 Å². The number of anilines is 1. The number of aryl methyl sites for hydroxylation is 1. The first-order valence-corrected chi connectivity index (χ1v) is 14.9. The summed E-state index contributed by atoms with van der Waals surface area (Å²) < 4.78 is 0. The summed E-state index contributed by atoms with van der Waals surface area (Å²) >= 11 is 0. The molecule has 2 aromatic carbocycles. The first-order valence-electron chi connectivity index (χ1n) is 14.9. The molecule has 44 heavy (non-hydrogen) atoms. The molecule has 3 heterocycles. The molecule has 2 aliphatic rings. The lowest BCUT2D eigenvalue weighted by Gasteiger charge is -2.30. The normalized spacial score (nSPS) is 22.2. The van der Waals surface area contributed by atoms with E-state index in [1.54, 1.807) is 19.3 Å². The number of nitrogens with two attached hydrogens (primary N) is 1. The van der Waals surface area contributed by atoms with Crippen LogP contribution in [0.5, 0.6) is 0 Å². The van der Waals surface area contributed by atoms with Crippen LogP contribution in [-0.4, -0.2) is 100 Å². The van der Waals surface area contributed by atoms with E-state index < -0.39 is 42.0 Å². The van der Waals surface area contributed by atoms with Gasteiger partial charge in [-0.3, -0.25) is 24.2 Å². The van der Waals surface area contributed by atoms with E-state index in [1.165, 1.54) is 9.80 Å². The summed E-state index contributed by atoms with van der Waals surface area (Å²) in [6.07, 6.45) is 1.46. The van der Waals surface area contributed by atoms with Crippen molar-refractivity contribution in [2.75, 3.05) is 32.0 Å². The van der Waals surface area contributed by atoms with Crippen LogP contribution in [-0.2, 0) is 25.6 Å². The number of pyridine rings is 1. The summed E-state index contributed by atoms with van der Waals surface area (Å²) in [6.45, 7) is 0.330. The van der Waals surface area contributed by atoms with Crippen LogP contribution >= 0.6 is 0 Å². The Morgan fingerprint density at radius 2 is 1.75 bits per heavy atom. The molecule has 6 N–H and O–H groups in total. The van der Waals surface area contributed by atoms with Gasteiger partial charge in [0.1, 0.15) is 18.2 Å². The highest BCUT2D eigenvalue weighted by atomic mass is 16.3. The number of likely N-dealkylation sites (N-methyl/N-ethyl adjacent to an activating group) is 1. The van der Waals surface area contributed by atoms with E-state index in [1.807, 2.05) is 54.6 Å². The van der Waals surface area contributed by atoms with E-state index in [4.69, 9.17) is 5.73 Å². The summed E-state index contributed by atoms with van der Waals surface area (Å²) in [5.74, 6) is -1.66. The standard InChI is InChI=1S/C32H39N7O5/c1-34-17-29(41)38-18-22(33)14-27(38)32(44)39-19-24(37-31(43)28(40)12-11-20-7-3-2-4-8-20)15-26(39)30(42)36-23-13-21-9-5-6-10-25(21)35-16-23/h2-10,13,16,22,24,26-28,34,40H,11-12,14-15,17-19,33H2,1H3,(H,36,42)(H,37,43)/t22-,24-,26+,27+,28-/m1/s1. The number of para-hydroxylation sites is 1. The molecule has 2 fully saturated rings. The van der Waals surface area contributed by atoms with Gasteiger partial charge in [0.05, 0.1) is 23.9 Å². The molecule has 0 saturated carbocycles. The quantitative estimate of drug-likeness (QED) is 0.222. The van der Waals surface area contributed by atoms with E-state index in [2.05, 4.69) is 20.9 Å². The number of likely N-dealkylation sites (tertiary alicyclic amines) is 2. The Hall–Kier alpha value is -4.39. The minimum absolute atomic E-state index is 0.0455. The predicted molar refractivity (Wildman–Crippen MR) is 165 cm³/mol. The molecule has 5 atom stereocenters. The molecule has 1 aromatic heterocycles. The highest BCUT2D eigenvalue weighted by molar-refractivity contribution is 6.00. The van der Waals surface area contributed by atoms with Crippen LogP contribution in [0.3, 0.4) is 0 Å². The van der Waals surface area contributed by atoms with Crippen molar-refractivity contribution in [2.24, 2.45) is 5.73 Å². The molecule has 232 valence electrons. The fraction of sp³-hybridized carbons (Fsp3) is 0.406. The van der Waals surface area contributed by atoms with Gasteiger partial charge in [-0.05, 0) is 50.4 Å². The van der Waals surface area contributed by atoms with Crippen molar-refractivity contribution < 1.29 is 24.3 Å². The number of nitrogens with zero attached hydrogens (tertiary/aromatic N) is 3. The smallest absolute Gasteiger partial charge is 0.249 e. The topological polar surface area (TPSA) is 170 Å². The lowest BCUT2D eigenvalue weighted by atomic mass is 10.1. The first kappa shape index (κ1) is 31.0. The lowest BCUT2D eigenvalue weighted by molar-refractivity contribution is -0.145. The third-order valence-electron chi connectivity index (χ3n) is 8.21. The van der Waals surface area contributed by atoms with Crippen molar-refractivity contribution in [2.45, 2.75) is 56.0 Å². The lowest BCUT2D eigenvalue weighted by Crippen LogP contribution is -2.53. The number of nitrogens with one attached hydrogen (secondary N) is 3. The van der Waals surface area contributed by atoms with Crippen LogP contribution < -0.4 is 21.7 Å². The maximum Gasteiger partial charge on any atom is 0.249 e. The van der Waals surface area contributed by atoms with Gasteiger partial charge < -0.3 is 36.6 Å². The number of aliphatic hydroxyl groups is 1. The number of benzene rings is 2. The number of rotatable bonds is 10. The van der Waals surface area contributed by atoms with E-state index in [9.17, 15) is 24.3 Å². The molecule has 0 bridgehead atoms. The number of aliphatic hydroxyl groups excluding tert-OH is 1. The Bertz CT molecular complexity index is 1500. The van der Waals surface area contributed by atoms with Crippen molar-refractivity contribution in [1.29, 1.82) is 0 Å². The van der Waals surface area contributed by atoms with Crippen LogP contribution in [0.4, 0.5) is 5.69 Å². The minimum atomic E-state index is -1.25. The highest BCUT2D eigenvalue weighted by Crippen LogP contribution is 2.27. The largest absolute Gasteiger partial charge is 0.383 e. The zero-order valence-electron chi connectivity index (χ0n) is 24.7. The van der Waals surface area contributed by atoms with Crippen molar-refractivity contribution >= 4 is 40.2 Å². The molecular formula is C32H39N7O5. The maximum atomic E-state index is 14.0. The molecule has 0 spiro atoms. The number of amides is 4. The maximum absolute atomic E-state index is 14.0. The summed E-state index contributed by atoms with van der Waals surface area (Å²) in [7, 11) is 1.65. The predicted octanol–water partition coefficient (Wildman–Crippen LogP) is 0.400. The van der Waals surface area contributed by atoms with Crippen LogP contribution in [0.15, 0.2) is 66.9 Å². The van der Waals surface area contributed by atoms with Crippen LogP contribution in [0.1, 0.15) is 24.8 Å².